The van der Waals surface area contributed by atoms with Crippen molar-refractivity contribution in [1.29, 1.82) is 0 Å². The van der Waals surface area contributed by atoms with Crippen molar-refractivity contribution in [3.8, 4) is 0 Å². The fraction of sp³-hybridized carbons (Fsp3) is 0.778. The van der Waals surface area contributed by atoms with E-state index in [0.29, 0.717) is 26.3 Å². The van der Waals surface area contributed by atoms with Gasteiger partial charge < -0.3 is 19.8 Å². The molecule has 90 valence electrons. The van der Waals surface area contributed by atoms with E-state index in [1.54, 1.807) is 0 Å². The fourth-order valence-electron chi connectivity index (χ4n) is 2.04. The number of carboxylic acids is 1. The summed E-state index contributed by atoms with van der Waals surface area (Å²) in [6, 6.07) is -0.629. The van der Waals surface area contributed by atoms with Gasteiger partial charge in [0.2, 0.25) is 0 Å². The first-order valence-corrected chi connectivity index (χ1v) is 5.13. The molecule has 1 unspecified atom stereocenters. The maximum atomic E-state index is 11.1. The predicted octanol–water partition coefficient (Wildman–Crippen LogP) is -0.866. The zero-order chi connectivity index (χ0) is 11.7. The number of hydrogen-bond donors (Lipinski definition) is 2. The second-order valence-corrected chi connectivity index (χ2v) is 4.01. The average Bonchev–Trinajstić information content (AvgIpc) is 2.14. The van der Waals surface area contributed by atoms with Crippen molar-refractivity contribution in [2.45, 2.75) is 12.1 Å². The summed E-state index contributed by atoms with van der Waals surface area (Å²) in [6.07, 6.45) is -1.06. The van der Waals surface area contributed by atoms with Crippen molar-refractivity contribution in [3.05, 3.63) is 0 Å². The van der Waals surface area contributed by atoms with Crippen LogP contribution in [0.15, 0.2) is 0 Å². The minimum Gasteiger partial charge on any atom is -0.480 e. The molecule has 1 atom stereocenters. The first kappa shape index (κ1) is 11.2. The van der Waals surface area contributed by atoms with Gasteiger partial charge in [0.05, 0.1) is 25.8 Å². The van der Waals surface area contributed by atoms with Gasteiger partial charge in [0, 0.05) is 13.1 Å². The molecule has 0 aromatic heterocycles. The van der Waals surface area contributed by atoms with Crippen molar-refractivity contribution in [2.24, 2.45) is 0 Å². The maximum absolute atomic E-state index is 11.1. The van der Waals surface area contributed by atoms with E-state index in [1.807, 2.05) is 4.90 Å². The number of hydrogen-bond acceptors (Lipinski definition) is 4. The molecule has 0 radical (unpaired) electrons. The van der Waals surface area contributed by atoms with Crippen LogP contribution in [0.3, 0.4) is 0 Å². The predicted molar refractivity (Wildman–Crippen MR) is 52.3 cm³/mol. The van der Waals surface area contributed by atoms with Crippen molar-refractivity contribution < 1.29 is 24.5 Å². The first-order chi connectivity index (χ1) is 7.59. The number of carboxylic acid groups (broad SMARTS) is 2. The van der Waals surface area contributed by atoms with Crippen LogP contribution in [0.1, 0.15) is 0 Å². The molecule has 2 aliphatic heterocycles. The van der Waals surface area contributed by atoms with Crippen LogP contribution in [-0.4, -0.2) is 77.0 Å². The van der Waals surface area contributed by atoms with E-state index in [1.165, 1.54) is 0 Å². The van der Waals surface area contributed by atoms with E-state index in [9.17, 15) is 9.59 Å². The highest BCUT2D eigenvalue weighted by atomic mass is 16.5. The lowest BCUT2D eigenvalue weighted by atomic mass is 10.1. The SMILES string of the molecule is O=C(O)C1CN(C(=O)O)CCN1C1COC1. The molecular weight excluding hydrogens is 216 g/mol. The third kappa shape index (κ3) is 1.96. The van der Waals surface area contributed by atoms with Crippen LogP contribution in [0, 0.1) is 0 Å². The standard InChI is InChI=1S/C9H14N2O5/c12-8(13)7-3-10(9(14)15)1-2-11(7)6-4-16-5-6/h6-7H,1-5H2,(H,12,13)(H,14,15). The molecule has 1 amide bonds. The highest BCUT2D eigenvalue weighted by Gasteiger charge is 2.40. The van der Waals surface area contributed by atoms with Crippen LogP contribution >= 0.6 is 0 Å². The number of amides is 1. The van der Waals surface area contributed by atoms with Crippen molar-refractivity contribution >= 4 is 12.1 Å². The van der Waals surface area contributed by atoms with Crippen LogP contribution in [0.2, 0.25) is 0 Å². The molecular formula is C9H14N2O5. The lowest BCUT2D eigenvalue weighted by Crippen LogP contribution is -2.64. The van der Waals surface area contributed by atoms with Gasteiger partial charge in [0.1, 0.15) is 6.04 Å². The molecule has 0 saturated carbocycles. The van der Waals surface area contributed by atoms with E-state index in [4.69, 9.17) is 14.9 Å². The Morgan fingerprint density at radius 1 is 1.19 bits per heavy atom. The van der Waals surface area contributed by atoms with Crippen LogP contribution in [0.5, 0.6) is 0 Å². The van der Waals surface area contributed by atoms with Crippen LogP contribution in [0.25, 0.3) is 0 Å². The van der Waals surface area contributed by atoms with E-state index in [2.05, 4.69) is 0 Å². The van der Waals surface area contributed by atoms with Gasteiger partial charge in [-0.25, -0.2) is 4.79 Å². The van der Waals surface area contributed by atoms with E-state index in [-0.39, 0.29) is 12.6 Å². The zero-order valence-corrected chi connectivity index (χ0v) is 8.70. The van der Waals surface area contributed by atoms with Gasteiger partial charge in [-0.15, -0.1) is 0 Å². The molecule has 0 aromatic rings. The Morgan fingerprint density at radius 3 is 2.31 bits per heavy atom. The maximum Gasteiger partial charge on any atom is 0.407 e. The molecule has 7 nitrogen and oxygen atoms in total. The Labute approximate surface area is 92.2 Å². The quantitative estimate of drug-likeness (QED) is 0.641. The van der Waals surface area contributed by atoms with Crippen LogP contribution < -0.4 is 0 Å². The molecule has 7 heteroatoms. The molecule has 0 bridgehead atoms. The molecule has 2 rings (SSSR count). The number of aliphatic carboxylic acids is 1. The molecule has 0 aromatic carbocycles. The number of carbonyl (C=O) groups is 2. The number of rotatable bonds is 2. The third-order valence-corrected chi connectivity index (χ3v) is 3.07. The molecule has 2 saturated heterocycles. The minimum absolute atomic E-state index is 0.0289. The van der Waals surface area contributed by atoms with E-state index in [0.717, 1.165) is 4.90 Å². The number of ether oxygens (including phenoxy) is 1. The van der Waals surface area contributed by atoms with Crippen molar-refractivity contribution in [3.63, 3.8) is 0 Å². The van der Waals surface area contributed by atoms with Gasteiger partial charge in [-0.3, -0.25) is 9.69 Å². The van der Waals surface area contributed by atoms with Gasteiger partial charge in [-0.1, -0.05) is 0 Å². The summed E-state index contributed by atoms with van der Waals surface area (Å²) in [6.45, 7) is 1.92. The second kappa shape index (κ2) is 4.26. The lowest BCUT2D eigenvalue weighted by Gasteiger charge is -2.45. The Kier molecular flexibility index (Phi) is 2.97. The van der Waals surface area contributed by atoms with Gasteiger partial charge >= 0.3 is 12.1 Å². The molecule has 2 N–H and O–H groups in total. The molecule has 2 fully saturated rings. The third-order valence-electron chi connectivity index (χ3n) is 3.07. The summed E-state index contributed by atoms with van der Waals surface area (Å²) in [5.74, 6) is -0.974. The Bertz CT molecular complexity index is 304. The normalized spacial score (nSPS) is 27.5. The van der Waals surface area contributed by atoms with Gasteiger partial charge in [-0.05, 0) is 0 Å². The van der Waals surface area contributed by atoms with Gasteiger partial charge in [0.25, 0.3) is 0 Å². The Hall–Kier alpha value is -1.34. The largest absolute Gasteiger partial charge is 0.480 e. The summed E-state index contributed by atoms with van der Waals surface area (Å²) < 4.78 is 5.03. The first-order valence-electron chi connectivity index (χ1n) is 5.13. The topological polar surface area (TPSA) is 90.3 Å². The van der Waals surface area contributed by atoms with E-state index >= 15 is 0 Å². The summed E-state index contributed by atoms with van der Waals surface area (Å²) in [7, 11) is 0. The summed E-state index contributed by atoms with van der Waals surface area (Å²) in [5.41, 5.74) is 0. The smallest absolute Gasteiger partial charge is 0.407 e. The Morgan fingerprint density at radius 2 is 1.88 bits per heavy atom. The average molecular weight is 230 g/mol. The highest BCUT2D eigenvalue weighted by molar-refractivity contribution is 5.75. The summed E-state index contributed by atoms with van der Waals surface area (Å²) in [4.78, 5) is 24.8. The fourth-order valence-corrected chi connectivity index (χ4v) is 2.04. The van der Waals surface area contributed by atoms with Gasteiger partial charge in [-0.2, -0.15) is 0 Å². The molecule has 0 aliphatic carbocycles. The molecule has 2 heterocycles. The van der Waals surface area contributed by atoms with Gasteiger partial charge in [0.15, 0.2) is 0 Å². The van der Waals surface area contributed by atoms with Crippen molar-refractivity contribution in [1.82, 2.24) is 9.80 Å². The molecule has 16 heavy (non-hydrogen) atoms. The van der Waals surface area contributed by atoms with Crippen LogP contribution in [0.4, 0.5) is 4.79 Å². The molecule has 2 aliphatic rings. The number of piperazine rings is 1. The van der Waals surface area contributed by atoms with E-state index < -0.39 is 18.1 Å². The highest BCUT2D eigenvalue weighted by Crippen LogP contribution is 2.18. The number of nitrogens with zero attached hydrogens (tertiary/aromatic N) is 2. The lowest BCUT2D eigenvalue weighted by molar-refractivity contribution is -0.154. The zero-order valence-electron chi connectivity index (χ0n) is 8.70. The minimum atomic E-state index is -1.06. The van der Waals surface area contributed by atoms with Crippen molar-refractivity contribution in [2.75, 3.05) is 32.8 Å². The summed E-state index contributed by atoms with van der Waals surface area (Å²) in [5, 5.41) is 17.9. The Balaban J connectivity index is 2.04. The molecule has 0 spiro atoms. The summed E-state index contributed by atoms with van der Waals surface area (Å²) >= 11 is 0. The monoisotopic (exact) mass is 230 g/mol. The second-order valence-electron chi connectivity index (χ2n) is 4.01. The van der Waals surface area contributed by atoms with Crippen LogP contribution in [-0.2, 0) is 9.53 Å².